The van der Waals surface area contributed by atoms with Crippen LogP contribution >= 0.6 is 11.3 Å². The second kappa shape index (κ2) is 8.11. The van der Waals surface area contributed by atoms with Crippen molar-refractivity contribution in [2.75, 3.05) is 32.8 Å². The SMILES string of the molecule is O=C(COc1cccc(F)c1)N1CCCN(C(=O)c2cccs2)CC1. The first-order valence-corrected chi connectivity index (χ1v) is 9.00. The average Bonchev–Trinajstić information content (AvgIpc) is 3.03. The molecule has 1 aliphatic heterocycles. The number of thiophene rings is 1. The molecule has 0 bridgehead atoms. The highest BCUT2D eigenvalue weighted by Crippen LogP contribution is 2.15. The topological polar surface area (TPSA) is 49.9 Å². The maximum absolute atomic E-state index is 13.1. The molecule has 0 aliphatic carbocycles. The van der Waals surface area contributed by atoms with Crippen LogP contribution in [-0.2, 0) is 4.79 Å². The van der Waals surface area contributed by atoms with Gasteiger partial charge in [0, 0.05) is 32.2 Å². The fourth-order valence-corrected chi connectivity index (χ4v) is 3.41. The Balaban J connectivity index is 1.52. The van der Waals surface area contributed by atoms with E-state index in [1.807, 2.05) is 17.5 Å². The summed E-state index contributed by atoms with van der Waals surface area (Å²) in [5, 5.41) is 1.88. The molecule has 0 unspecified atom stereocenters. The number of carbonyl (C=O) groups is 2. The van der Waals surface area contributed by atoms with Gasteiger partial charge in [-0.25, -0.2) is 4.39 Å². The number of carbonyl (C=O) groups excluding carboxylic acids is 2. The van der Waals surface area contributed by atoms with E-state index in [0.29, 0.717) is 36.8 Å². The van der Waals surface area contributed by atoms with Gasteiger partial charge in [0.25, 0.3) is 11.8 Å². The van der Waals surface area contributed by atoms with E-state index in [1.165, 1.54) is 29.5 Å². The highest BCUT2D eigenvalue weighted by atomic mass is 32.1. The number of amides is 2. The molecule has 1 aromatic heterocycles. The minimum atomic E-state index is -0.401. The molecule has 132 valence electrons. The van der Waals surface area contributed by atoms with Crippen LogP contribution < -0.4 is 4.74 Å². The Labute approximate surface area is 149 Å². The lowest BCUT2D eigenvalue weighted by molar-refractivity contribution is -0.133. The molecule has 2 aromatic rings. The van der Waals surface area contributed by atoms with E-state index in [9.17, 15) is 14.0 Å². The molecule has 1 aliphatic rings. The Hall–Kier alpha value is -2.41. The number of hydrogen-bond acceptors (Lipinski definition) is 4. The molecular formula is C18H19FN2O3S. The number of benzene rings is 1. The van der Waals surface area contributed by atoms with Gasteiger partial charge in [0.05, 0.1) is 4.88 Å². The maximum Gasteiger partial charge on any atom is 0.263 e. The van der Waals surface area contributed by atoms with Gasteiger partial charge in [-0.3, -0.25) is 9.59 Å². The molecule has 0 radical (unpaired) electrons. The van der Waals surface area contributed by atoms with E-state index < -0.39 is 5.82 Å². The second-order valence-corrected chi connectivity index (χ2v) is 6.70. The van der Waals surface area contributed by atoms with Gasteiger partial charge in [0.15, 0.2) is 6.61 Å². The molecular weight excluding hydrogens is 343 g/mol. The Morgan fingerprint density at radius 1 is 1.08 bits per heavy atom. The van der Waals surface area contributed by atoms with Crippen LogP contribution in [0.25, 0.3) is 0 Å². The van der Waals surface area contributed by atoms with Gasteiger partial charge >= 0.3 is 0 Å². The van der Waals surface area contributed by atoms with Crippen LogP contribution in [0.5, 0.6) is 5.75 Å². The molecule has 0 saturated carbocycles. The lowest BCUT2D eigenvalue weighted by Gasteiger charge is -2.22. The van der Waals surface area contributed by atoms with Gasteiger partial charge in [0.1, 0.15) is 11.6 Å². The number of rotatable bonds is 4. The van der Waals surface area contributed by atoms with Gasteiger partial charge in [0.2, 0.25) is 0 Å². The van der Waals surface area contributed by atoms with Gasteiger partial charge in [-0.2, -0.15) is 0 Å². The quantitative estimate of drug-likeness (QED) is 0.840. The van der Waals surface area contributed by atoms with Crippen molar-refractivity contribution in [3.05, 3.63) is 52.5 Å². The van der Waals surface area contributed by atoms with Crippen LogP contribution in [0.2, 0.25) is 0 Å². The number of hydrogen-bond donors (Lipinski definition) is 0. The smallest absolute Gasteiger partial charge is 0.263 e. The van der Waals surface area contributed by atoms with E-state index >= 15 is 0 Å². The highest BCUT2D eigenvalue weighted by Gasteiger charge is 2.23. The fraction of sp³-hybridized carbons (Fsp3) is 0.333. The summed E-state index contributed by atoms with van der Waals surface area (Å²) in [7, 11) is 0. The number of nitrogens with zero attached hydrogens (tertiary/aromatic N) is 2. The summed E-state index contributed by atoms with van der Waals surface area (Å²) in [6.07, 6.45) is 0.725. The average molecular weight is 362 g/mol. The van der Waals surface area contributed by atoms with E-state index in [1.54, 1.807) is 15.9 Å². The Morgan fingerprint density at radius 3 is 2.64 bits per heavy atom. The van der Waals surface area contributed by atoms with E-state index in [0.717, 1.165) is 6.42 Å². The summed E-state index contributed by atoms with van der Waals surface area (Å²) in [5.74, 6) is -0.213. The van der Waals surface area contributed by atoms with Crippen LogP contribution in [0.1, 0.15) is 16.1 Å². The first-order valence-electron chi connectivity index (χ1n) is 8.12. The first kappa shape index (κ1) is 17.4. The van der Waals surface area contributed by atoms with Crippen LogP contribution in [0.3, 0.4) is 0 Å². The first-order chi connectivity index (χ1) is 12.1. The Bertz CT molecular complexity index is 736. The molecule has 0 atom stereocenters. The third-order valence-electron chi connectivity index (χ3n) is 4.03. The largest absolute Gasteiger partial charge is 0.484 e. The number of halogens is 1. The third kappa shape index (κ3) is 4.57. The zero-order valence-electron chi connectivity index (χ0n) is 13.7. The summed E-state index contributed by atoms with van der Waals surface area (Å²) < 4.78 is 18.5. The summed E-state index contributed by atoms with van der Waals surface area (Å²) in [5.41, 5.74) is 0. The van der Waals surface area contributed by atoms with E-state index in [4.69, 9.17) is 4.74 Å². The van der Waals surface area contributed by atoms with Crippen LogP contribution in [0.15, 0.2) is 41.8 Å². The van der Waals surface area contributed by atoms with Crippen LogP contribution in [0, 0.1) is 5.82 Å². The molecule has 1 fully saturated rings. The molecule has 2 heterocycles. The molecule has 2 amide bonds. The van der Waals surface area contributed by atoms with Crippen molar-refractivity contribution in [2.45, 2.75) is 6.42 Å². The Kier molecular flexibility index (Phi) is 5.65. The predicted octanol–water partition coefficient (Wildman–Crippen LogP) is 2.64. The zero-order chi connectivity index (χ0) is 17.6. The van der Waals surface area contributed by atoms with Crippen molar-refractivity contribution in [1.82, 2.24) is 9.80 Å². The predicted molar refractivity (Wildman–Crippen MR) is 93.3 cm³/mol. The lowest BCUT2D eigenvalue weighted by Crippen LogP contribution is -2.39. The van der Waals surface area contributed by atoms with Crippen molar-refractivity contribution < 1.29 is 18.7 Å². The summed E-state index contributed by atoms with van der Waals surface area (Å²) >= 11 is 1.42. The minimum Gasteiger partial charge on any atom is -0.484 e. The maximum atomic E-state index is 13.1. The van der Waals surface area contributed by atoms with Crippen molar-refractivity contribution >= 4 is 23.2 Å². The van der Waals surface area contributed by atoms with Crippen molar-refractivity contribution in [1.29, 1.82) is 0 Å². The minimum absolute atomic E-state index is 0.0142. The second-order valence-electron chi connectivity index (χ2n) is 5.75. The molecule has 0 spiro atoms. The fourth-order valence-electron chi connectivity index (χ4n) is 2.72. The normalized spacial score (nSPS) is 14.9. The van der Waals surface area contributed by atoms with Crippen molar-refractivity contribution in [3.63, 3.8) is 0 Å². The summed E-state index contributed by atoms with van der Waals surface area (Å²) in [6, 6.07) is 9.39. The van der Waals surface area contributed by atoms with Gasteiger partial charge in [-0.05, 0) is 30.0 Å². The molecule has 5 nitrogen and oxygen atoms in total. The molecule has 1 aromatic carbocycles. The van der Waals surface area contributed by atoms with Crippen LogP contribution in [-0.4, -0.2) is 54.4 Å². The highest BCUT2D eigenvalue weighted by molar-refractivity contribution is 7.12. The van der Waals surface area contributed by atoms with Gasteiger partial charge in [-0.15, -0.1) is 11.3 Å². The van der Waals surface area contributed by atoms with Crippen molar-refractivity contribution in [2.24, 2.45) is 0 Å². The molecule has 7 heteroatoms. The van der Waals surface area contributed by atoms with E-state index in [-0.39, 0.29) is 18.4 Å². The monoisotopic (exact) mass is 362 g/mol. The standard InChI is InChI=1S/C18H19FN2O3S/c19-14-4-1-5-15(12-14)24-13-17(22)20-7-3-8-21(10-9-20)18(23)16-6-2-11-25-16/h1-2,4-6,11-12H,3,7-10,13H2. The van der Waals surface area contributed by atoms with Crippen molar-refractivity contribution in [3.8, 4) is 5.75 Å². The summed E-state index contributed by atoms with van der Waals surface area (Å²) in [6.45, 7) is 2.05. The summed E-state index contributed by atoms with van der Waals surface area (Å²) in [4.78, 5) is 28.9. The number of ether oxygens (including phenoxy) is 1. The third-order valence-corrected chi connectivity index (χ3v) is 4.88. The molecule has 3 rings (SSSR count). The van der Waals surface area contributed by atoms with E-state index in [2.05, 4.69) is 0 Å². The van der Waals surface area contributed by atoms with Gasteiger partial charge in [-0.1, -0.05) is 12.1 Å². The Morgan fingerprint density at radius 2 is 1.88 bits per heavy atom. The molecule has 0 N–H and O–H groups in total. The zero-order valence-corrected chi connectivity index (χ0v) is 14.5. The molecule has 25 heavy (non-hydrogen) atoms. The lowest BCUT2D eigenvalue weighted by atomic mass is 10.3. The van der Waals surface area contributed by atoms with Crippen LogP contribution in [0.4, 0.5) is 4.39 Å². The molecule has 1 saturated heterocycles. The van der Waals surface area contributed by atoms with Gasteiger partial charge < -0.3 is 14.5 Å².